The van der Waals surface area contributed by atoms with Gasteiger partial charge in [0.15, 0.2) is 5.16 Å². The molecule has 0 saturated heterocycles. The first kappa shape index (κ1) is 16.0. The summed E-state index contributed by atoms with van der Waals surface area (Å²) in [7, 11) is -1.67. The summed E-state index contributed by atoms with van der Waals surface area (Å²) in [5.41, 5.74) is -0.606. The van der Waals surface area contributed by atoms with Crippen LogP contribution in [0.5, 0.6) is 0 Å². The lowest BCUT2D eigenvalue weighted by atomic mass is 10.1. The maximum absolute atomic E-state index is 12.3. The third kappa shape index (κ3) is 4.29. The molecule has 1 heterocycles. The largest absolute Gasteiger partial charge is 0.312 e. The number of nitrogens with one attached hydrogen (secondary N) is 1. The van der Waals surface area contributed by atoms with Gasteiger partial charge in [0, 0.05) is 18.3 Å². The van der Waals surface area contributed by atoms with Gasteiger partial charge in [-0.3, -0.25) is 0 Å². The van der Waals surface area contributed by atoms with E-state index in [9.17, 15) is 8.42 Å². The van der Waals surface area contributed by atoms with Gasteiger partial charge in [0.2, 0.25) is 10.0 Å². The van der Waals surface area contributed by atoms with Gasteiger partial charge < -0.3 is 4.57 Å². The second-order valence-corrected chi connectivity index (χ2v) is 7.94. The molecule has 0 aliphatic heterocycles. The number of nitrogens with zero attached hydrogens (tertiary/aromatic N) is 3. The summed E-state index contributed by atoms with van der Waals surface area (Å²) >= 11 is 1.46. The van der Waals surface area contributed by atoms with Crippen molar-refractivity contribution in [2.24, 2.45) is 7.05 Å². The average Bonchev–Trinajstić information content (AvgIpc) is 2.82. The highest BCUT2D eigenvalue weighted by Crippen LogP contribution is 2.21. The Balaban J connectivity index is 2.05. The Hall–Kier alpha value is -1.38. The molecule has 114 valence electrons. The number of rotatable bonds is 6. The molecule has 2 rings (SSSR count). The number of sulfonamides is 1. The fourth-order valence-corrected chi connectivity index (χ4v) is 4.14. The molecule has 1 N–H and O–H groups in total. The van der Waals surface area contributed by atoms with Crippen LogP contribution in [0.15, 0.2) is 46.7 Å². The lowest BCUT2D eigenvalue weighted by molar-refractivity contribution is 0.497. The Morgan fingerprint density at radius 3 is 2.52 bits per heavy atom. The summed E-state index contributed by atoms with van der Waals surface area (Å²) in [6.45, 7) is 3.69. The van der Waals surface area contributed by atoms with Crippen molar-refractivity contribution in [3.8, 4) is 0 Å². The van der Waals surface area contributed by atoms with Crippen molar-refractivity contribution in [1.82, 2.24) is 19.5 Å². The molecule has 0 fully saturated rings. The van der Waals surface area contributed by atoms with E-state index in [0.29, 0.717) is 5.75 Å². The molecule has 0 bridgehead atoms. The van der Waals surface area contributed by atoms with Gasteiger partial charge in [-0.1, -0.05) is 30.0 Å². The predicted octanol–water partition coefficient (Wildman–Crippen LogP) is 1.66. The van der Waals surface area contributed by atoms with E-state index in [1.54, 1.807) is 41.2 Å². The van der Waals surface area contributed by atoms with Crippen molar-refractivity contribution < 1.29 is 8.42 Å². The Kier molecular flexibility index (Phi) is 4.70. The highest BCUT2D eigenvalue weighted by Gasteiger charge is 2.26. The number of benzene rings is 1. The van der Waals surface area contributed by atoms with Crippen LogP contribution in [-0.4, -0.2) is 34.5 Å². The van der Waals surface area contributed by atoms with Crippen molar-refractivity contribution in [2.75, 3.05) is 5.75 Å². The Labute approximate surface area is 129 Å². The first-order valence-corrected chi connectivity index (χ1v) is 8.83. The van der Waals surface area contributed by atoms with Gasteiger partial charge in [0.1, 0.15) is 6.33 Å². The minimum Gasteiger partial charge on any atom is -0.312 e. The smallest absolute Gasteiger partial charge is 0.241 e. The summed E-state index contributed by atoms with van der Waals surface area (Å²) in [5.74, 6) is 0.547. The first-order valence-electron chi connectivity index (χ1n) is 6.36. The fraction of sp³-hybridized carbons (Fsp3) is 0.385. The van der Waals surface area contributed by atoms with Crippen LogP contribution in [-0.2, 0) is 17.1 Å². The SMILES string of the molecule is Cn1cnnc1SCC(C)(C)NS(=O)(=O)c1ccccc1. The summed E-state index contributed by atoms with van der Waals surface area (Å²) in [4.78, 5) is 0.265. The normalized spacial score (nSPS) is 12.5. The van der Waals surface area contributed by atoms with E-state index in [0.717, 1.165) is 5.16 Å². The van der Waals surface area contributed by atoms with Crippen LogP contribution < -0.4 is 4.72 Å². The topological polar surface area (TPSA) is 76.9 Å². The Morgan fingerprint density at radius 1 is 1.29 bits per heavy atom. The molecule has 8 heteroatoms. The van der Waals surface area contributed by atoms with Crippen molar-refractivity contribution >= 4 is 21.8 Å². The first-order chi connectivity index (χ1) is 9.80. The van der Waals surface area contributed by atoms with Crippen LogP contribution in [0, 0.1) is 0 Å². The summed E-state index contributed by atoms with van der Waals surface area (Å²) < 4.78 is 29.2. The molecule has 0 unspecified atom stereocenters. The minimum atomic E-state index is -3.53. The van der Waals surface area contributed by atoms with E-state index in [-0.39, 0.29) is 4.90 Å². The van der Waals surface area contributed by atoms with Crippen molar-refractivity contribution in [3.05, 3.63) is 36.7 Å². The van der Waals surface area contributed by atoms with Crippen LogP contribution in [0.1, 0.15) is 13.8 Å². The van der Waals surface area contributed by atoms with Crippen LogP contribution in [0.25, 0.3) is 0 Å². The van der Waals surface area contributed by atoms with Gasteiger partial charge in [0.25, 0.3) is 0 Å². The average molecular weight is 326 g/mol. The zero-order valence-corrected chi connectivity index (χ0v) is 13.8. The van der Waals surface area contributed by atoms with Gasteiger partial charge in [-0.05, 0) is 26.0 Å². The van der Waals surface area contributed by atoms with Crippen molar-refractivity contribution in [2.45, 2.75) is 29.4 Å². The number of hydrogen-bond donors (Lipinski definition) is 1. The van der Waals surface area contributed by atoms with Crippen molar-refractivity contribution in [1.29, 1.82) is 0 Å². The number of aromatic nitrogens is 3. The van der Waals surface area contributed by atoms with Crippen LogP contribution in [0.2, 0.25) is 0 Å². The third-order valence-corrected chi connectivity index (χ3v) is 5.90. The highest BCUT2D eigenvalue weighted by molar-refractivity contribution is 7.99. The lowest BCUT2D eigenvalue weighted by Crippen LogP contribution is -2.45. The van der Waals surface area contributed by atoms with E-state index in [1.807, 2.05) is 20.9 Å². The van der Waals surface area contributed by atoms with Gasteiger partial charge in [-0.25, -0.2) is 13.1 Å². The molecule has 0 atom stereocenters. The molecular formula is C13H18N4O2S2. The number of aryl methyl sites for hydroxylation is 1. The van der Waals surface area contributed by atoms with E-state index in [2.05, 4.69) is 14.9 Å². The van der Waals surface area contributed by atoms with E-state index in [4.69, 9.17) is 0 Å². The molecule has 6 nitrogen and oxygen atoms in total. The van der Waals surface area contributed by atoms with Gasteiger partial charge in [-0.15, -0.1) is 10.2 Å². The molecular weight excluding hydrogens is 308 g/mol. The van der Waals surface area contributed by atoms with Gasteiger partial charge in [-0.2, -0.15) is 0 Å². The summed E-state index contributed by atoms with van der Waals surface area (Å²) in [6, 6.07) is 8.35. The van der Waals surface area contributed by atoms with Gasteiger partial charge >= 0.3 is 0 Å². The van der Waals surface area contributed by atoms with E-state index >= 15 is 0 Å². The fourth-order valence-electron chi connectivity index (χ4n) is 1.70. The zero-order chi connectivity index (χ0) is 15.5. The molecule has 21 heavy (non-hydrogen) atoms. The maximum Gasteiger partial charge on any atom is 0.241 e. The Morgan fingerprint density at radius 2 is 1.95 bits per heavy atom. The minimum absolute atomic E-state index is 0.265. The molecule has 2 aromatic rings. The highest BCUT2D eigenvalue weighted by atomic mass is 32.2. The molecule has 1 aromatic carbocycles. The third-order valence-electron chi connectivity index (χ3n) is 2.70. The predicted molar refractivity (Wildman–Crippen MR) is 82.6 cm³/mol. The summed E-state index contributed by atoms with van der Waals surface area (Å²) in [6.07, 6.45) is 1.61. The lowest BCUT2D eigenvalue weighted by Gasteiger charge is -2.25. The maximum atomic E-state index is 12.3. The van der Waals surface area contributed by atoms with Crippen LogP contribution in [0.3, 0.4) is 0 Å². The van der Waals surface area contributed by atoms with Crippen LogP contribution in [0.4, 0.5) is 0 Å². The molecule has 0 saturated carbocycles. The zero-order valence-electron chi connectivity index (χ0n) is 12.1. The van der Waals surface area contributed by atoms with Gasteiger partial charge in [0.05, 0.1) is 4.90 Å². The second-order valence-electron chi connectivity index (χ2n) is 5.32. The molecule has 0 aliphatic rings. The van der Waals surface area contributed by atoms with E-state index in [1.165, 1.54) is 11.8 Å². The molecule has 0 spiro atoms. The summed E-state index contributed by atoms with van der Waals surface area (Å²) in [5, 5.41) is 8.52. The Bertz CT molecular complexity index is 696. The molecule has 0 aliphatic carbocycles. The molecule has 1 aromatic heterocycles. The standard InChI is InChI=1S/C13H18N4O2S2/c1-13(2,9-20-12-15-14-10-17(12)3)16-21(18,19)11-7-5-4-6-8-11/h4-8,10,16H,9H2,1-3H3. The van der Waals surface area contributed by atoms with E-state index < -0.39 is 15.6 Å². The van der Waals surface area contributed by atoms with Crippen molar-refractivity contribution in [3.63, 3.8) is 0 Å². The monoisotopic (exact) mass is 326 g/mol. The molecule has 0 radical (unpaired) electrons. The molecule has 0 amide bonds. The second kappa shape index (κ2) is 6.17. The number of hydrogen-bond acceptors (Lipinski definition) is 5. The quantitative estimate of drug-likeness (QED) is 0.817. The number of thioether (sulfide) groups is 1. The van der Waals surface area contributed by atoms with Crippen LogP contribution >= 0.6 is 11.8 Å².